The summed E-state index contributed by atoms with van der Waals surface area (Å²) >= 11 is 0. The van der Waals surface area contributed by atoms with Gasteiger partial charge in [0.05, 0.1) is 0 Å². The average molecular weight is 752 g/mol. The van der Waals surface area contributed by atoms with Crippen LogP contribution >= 0.6 is 0 Å². The summed E-state index contributed by atoms with van der Waals surface area (Å²) in [6, 6.07) is 89.7. The van der Waals surface area contributed by atoms with E-state index in [0.717, 1.165) is 17.1 Å². The highest BCUT2D eigenvalue weighted by Gasteiger charge is 2.17. The smallest absolute Gasteiger partial charge is 0.0467 e. The molecule has 0 heterocycles. The SMILES string of the molecule is c1ccc(-c2ccc(N(c3ccc(-c4cccc(-c5ccccc5-c5ccccc5)c4)cc3)c3cccc(-c4cccc5cccc(-c6ccccc6)c45)c3)cc2)cc1. The zero-order valence-corrected chi connectivity index (χ0v) is 32.6. The van der Waals surface area contributed by atoms with Crippen LogP contribution in [0.4, 0.5) is 17.1 Å². The first-order chi connectivity index (χ1) is 29.3. The van der Waals surface area contributed by atoms with Gasteiger partial charge in [0, 0.05) is 17.1 Å². The Kier molecular flexibility index (Phi) is 9.68. The second kappa shape index (κ2) is 16.0. The van der Waals surface area contributed by atoms with Crippen molar-refractivity contribution in [2.75, 3.05) is 4.90 Å². The van der Waals surface area contributed by atoms with Crippen LogP contribution < -0.4 is 4.90 Å². The van der Waals surface area contributed by atoms with Crippen molar-refractivity contribution in [1.82, 2.24) is 0 Å². The van der Waals surface area contributed by atoms with Gasteiger partial charge in [-0.2, -0.15) is 0 Å². The molecule has 0 bridgehead atoms. The first-order valence-electron chi connectivity index (χ1n) is 20.3. The van der Waals surface area contributed by atoms with Gasteiger partial charge in [-0.05, 0) is 120 Å². The molecule has 0 aliphatic heterocycles. The van der Waals surface area contributed by atoms with Crippen molar-refractivity contribution in [3.8, 4) is 66.8 Å². The molecule has 10 aromatic rings. The molecule has 0 amide bonds. The van der Waals surface area contributed by atoms with Gasteiger partial charge in [0.15, 0.2) is 0 Å². The van der Waals surface area contributed by atoms with E-state index in [1.165, 1.54) is 77.5 Å². The Labute approximate surface area is 346 Å². The van der Waals surface area contributed by atoms with Crippen LogP contribution in [0.3, 0.4) is 0 Å². The summed E-state index contributed by atoms with van der Waals surface area (Å²) in [4.78, 5) is 2.37. The van der Waals surface area contributed by atoms with E-state index >= 15 is 0 Å². The minimum absolute atomic E-state index is 1.09. The number of hydrogen-bond acceptors (Lipinski definition) is 1. The van der Waals surface area contributed by atoms with Crippen LogP contribution in [0.25, 0.3) is 77.5 Å². The van der Waals surface area contributed by atoms with Crippen LogP contribution in [0.5, 0.6) is 0 Å². The summed E-state index contributed by atoms with van der Waals surface area (Å²) in [5.41, 5.74) is 17.7. The van der Waals surface area contributed by atoms with Gasteiger partial charge >= 0.3 is 0 Å². The van der Waals surface area contributed by atoms with Crippen LogP contribution in [-0.2, 0) is 0 Å². The Morgan fingerprint density at radius 3 is 1.17 bits per heavy atom. The van der Waals surface area contributed by atoms with E-state index in [4.69, 9.17) is 0 Å². The van der Waals surface area contributed by atoms with Crippen molar-refractivity contribution in [2.45, 2.75) is 0 Å². The van der Waals surface area contributed by atoms with Crippen molar-refractivity contribution in [3.05, 3.63) is 249 Å². The molecule has 0 aliphatic carbocycles. The highest BCUT2D eigenvalue weighted by Crippen LogP contribution is 2.42. The summed E-state index contributed by atoms with van der Waals surface area (Å²) in [6.45, 7) is 0. The molecule has 0 aliphatic rings. The topological polar surface area (TPSA) is 3.24 Å². The zero-order valence-electron chi connectivity index (χ0n) is 32.6. The third kappa shape index (κ3) is 7.23. The minimum Gasteiger partial charge on any atom is -0.310 e. The second-order valence-electron chi connectivity index (χ2n) is 14.9. The highest BCUT2D eigenvalue weighted by atomic mass is 15.1. The molecule has 1 heteroatoms. The molecule has 1 nitrogen and oxygen atoms in total. The normalized spacial score (nSPS) is 11.1. The van der Waals surface area contributed by atoms with Gasteiger partial charge in [0.25, 0.3) is 0 Å². The minimum atomic E-state index is 1.09. The molecule has 10 rings (SSSR count). The molecule has 0 radical (unpaired) electrons. The van der Waals surface area contributed by atoms with Crippen LogP contribution in [-0.4, -0.2) is 0 Å². The van der Waals surface area contributed by atoms with E-state index in [2.05, 4.69) is 254 Å². The van der Waals surface area contributed by atoms with Crippen LogP contribution in [0.15, 0.2) is 249 Å². The quantitative estimate of drug-likeness (QED) is 0.142. The molecular formula is C58H41N. The highest BCUT2D eigenvalue weighted by molar-refractivity contribution is 6.06. The largest absolute Gasteiger partial charge is 0.310 e. The molecule has 0 unspecified atom stereocenters. The maximum atomic E-state index is 2.37. The number of benzene rings is 10. The van der Waals surface area contributed by atoms with Crippen LogP contribution in [0.2, 0.25) is 0 Å². The van der Waals surface area contributed by atoms with E-state index in [1.54, 1.807) is 0 Å². The standard InChI is InChI=1S/C58H41N/c1-4-16-42(17-5-1)43-32-36-51(37-33-43)59(53-27-13-26-50(41-53)57-31-15-23-47-22-14-30-56(58(47)57)46-20-8-3-9-21-46)52-38-34-44(35-39-52)48-24-12-25-49(40-48)55-29-11-10-28-54(55)45-18-6-2-7-19-45/h1-41H. The Balaban J connectivity index is 1.05. The molecule has 0 aromatic heterocycles. The third-order valence-electron chi connectivity index (χ3n) is 11.3. The molecule has 0 spiro atoms. The molecular weight excluding hydrogens is 711 g/mol. The van der Waals surface area contributed by atoms with Gasteiger partial charge in [-0.1, -0.05) is 206 Å². The average Bonchev–Trinajstić information content (AvgIpc) is 3.33. The van der Waals surface area contributed by atoms with Crippen molar-refractivity contribution in [1.29, 1.82) is 0 Å². The Bertz CT molecular complexity index is 3000. The number of nitrogens with zero attached hydrogens (tertiary/aromatic N) is 1. The van der Waals surface area contributed by atoms with Gasteiger partial charge in [0.2, 0.25) is 0 Å². The maximum Gasteiger partial charge on any atom is 0.0467 e. The molecule has 0 saturated carbocycles. The fourth-order valence-electron chi connectivity index (χ4n) is 8.41. The summed E-state index contributed by atoms with van der Waals surface area (Å²) < 4.78 is 0. The number of rotatable bonds is 9. The number of hydrogen-bond donors (Lipinski definition) is 0. The van der Waals surface area contributed by atoms with Crippen LogP contribution in [0.1, 0.15) is 0 Å². The molecule has 59 heavy (non-hydrogen) atoms. The summed E-state index contributed by atoms with van der Waals surface area (Å²) in [6.07, 6.45) is 0. The molecule has 278 valence electrons. The zero-order chi connectivity index (χ0) is 39.4. The van der Waals surface area contributed by atoms with Crippen LogP contribution in [0, 0.1) is 0 Å². The van der Waals surface area contributed by atoms with Crippen molar-refractivity contribution in [2.24, 2.45) is 0 Å². The van der Waals surface area contributed by atoms with E-state index in [0.29, 0.717) is 0 Å². The predicted molar refractivity (Wildman–Crippen MR) is 251 cm³/mol. The fraction of sp³-hybridized carbons (Fsp3) is 0. The first kappa shape index (κ1) is 35.7. The van der Waals surface area contributed by atoms with Gasteiger partial charge in [0.1, 0.15) is 0 Å². The summed E-state index contributed by atoms with van der Waals surface area (Å²) in [5, 5.41) is 2.49. The Morgan fingerprint density at radius 1 is 0.203 bits per heavy atom. The molecule has 0 saturated heterocycles. The monoisotopic (exact) mass is 751 g/mol. The second-order valence-corrected chi connectivity index (χ2v) is 14.9. The van der Waals surface area contributed by atoms with E-state index in [9.17, 15) is 0 Å². The van der Waals surface area contributed by atoms with E-state index in [-0.39, 0.29) is 0 Å². The predicted octanol–water partition coefficient (Wildman–Crippen LogP) is 16.3. The van der Waals surface area contributed by atoms with Crippen molar-refractivity contribution in [3.63, 3.8) is 0 Å². The van der Waals surface area contributed by atoms with Gasteiger partial charge in [-0.15, -0.1) is 0 Å². The fourth-order valence-corrected chi connectivity index (χ4v) is 8.41. The van der Waals surface area contributed by atoms with Crippen molar-refractivity contribution < 1.29 is 0 Å². The lowest BCUT2D eigenvalue weighted by atomic mass is 9.91. The molecule has 0 N–H and O–H groups in total. The summed E-state index contributed by atoms with van der Waals surface area (Å²) in [5.74, 6) is 0. The van der Waals surface area contributed by atoms with E-state index < -0.39 is 0 Å². The van der Waals surface area contributed by atoms with Gasteiger partial charge < -0.3 is 4.90 Å². The lowest BCUT2D eigenvalue weighted by Gasteiger charge is -2.26. The molecule has 0 fully saturated rings. The van der Waals surface area contributed by atoms with Crippen molar-refractivity contribution >= 4 is 27.8 Å². The van der Waals surface area contributed by atoms with Gasteiger partial charge in [-0.25, -0.2) is 0 Å². The summed E-state index contributed by atoms with van der Waals surface area (Å²) in [7, 11) is 0. The lowest BCUT2D eigenvalue weighted by Crippen LogP contribution is -2.10. The first-order valence-corrected chi connectivity index (χ1v) is 20.3. The molecule has 0 atom stereocenters. The lowest BCUT2D eigenvalue weighted by molar-refractivity contribution is 1.28. The Hall–Kier alpha value is -7.74. The Morgan fingerprint density at radius 2 is 0.576 bits per heavy atom. The number of fused-ring (bicyclic) bond motifs is 1. The maximum absolute atomic E-state index is 2.37. The van der Waals surface area contributed by atoms with E-state index in [1.807, 2.05) is 0 Å². The number of anilines is 3. The van der Waals surface area contributed by atoms with Gasteiger partial charge in [-0.3, -0.25) is 0 Å². The third-order valence-corrected chi connectivity index (χ3v) is 11.3. The molecule has 10 aromatic carbocycles.